The van der Waals surface area contributed by atoms with Gasteiger partial charge in [-0.25, -0.2) is 4.57 Å². The summed E-state index contributed by atoms with van der Waals surface area (Å²) in [5.74, 6) is 0. The number of aromatic nitrogens is 1. The van der Waals surface area contributed by atoms with Crippen molar-refractivity contribution in [3.05, 3.63) is 77.5 Å². The minimum Gasteiger partial charge on any atom is -0.201 e. The molecule has 0 atom stereocenters. The molecule has 1 aliphatic rings. The summed E-state index contributed by atoms with van der Waals surface area (Å²) < 4.78 is 2.22. The molecule has 1 aromatic heterocycles. The first-order valence-electron chi connectivity index (χ1n) is 9.45. The van der Waals surface area contributed by atoms with E-state index < -0.39 is 8.07 Å². The minimum absolute atomic E-state index is 0.0320. The average molecular weight is 359 g/mol. The van der Waals surface area contributed by atoms with Gasteiger partial charge in [-0.1, -0.05) is 67.6 Å². The third-order valence-corrected chi connectivity index (χ3v) is 9.86. The van der Waals surface area contributed by atoms with Crippen LogP contribution in [0.4, 0.5) is 0 Å². The zero-order valence-electron chi connectivity index (χ0n) is 16.7. The summed E-state index contributed by atoms with van der Waals surface area (Å²) in [5, 5.41) is 3.19. The molecule has 132 valence electrons. The van der Waals surface area contributed by atoms with Crippen LogP contribution in [-0.4, -0.2) is 8.07 Å². The first kappa shape index (κ1) is 17.2. The van der Waals surface area contributed by atoms with Crippen molar-refractivity contribution >= 4 is 18.4 Å². The molecule has 2 aromatic carbocycles. The van der Waals surface area contributed by atoms with E-state index in [-0.39, 0.29) is 5.41 Å². The summed E-state index contributed by atoms with van der Waals surface area (Å²) in [6.45, 7) is 12.0. The topological polar surface area (TPSA) is 3.88 Å². The van der Waals surface area contributed by atoms with Crippen molar-refractivity contribution in [2.45, 2.75) is 39.3 Å². The maximum absolute atomic E-state index is 2.50. The second-order valence-corrected chi connectivity index (χ2v) is 13.0. The number of rotatable bonds is 1. The van der Waals surface area contributed by atoms with Crippen molar-refractivity contribution < 1.29 is 4.57 Å². The van der Waals surface area contributed by atoms with Crippen LogP contribution in [0, 0.1) is 6.92 Å². The fourth-order valence-corrected chi connectivity index (χ4v) is 8.19. The molecule has 0 saturated heterocycles. The van der Waals surface area contributed by atoms with Crippen molar-refractivity contribution in [2.24, 2.45) is 7.05 Å². The highest BCUT2D eigenvalue weighted by Gasteiger charge is 2.43. The Bertz CT molecular complexity index is 1010. The van der Waals surface area contributed by atoms with Gasteiger partial charge in [0.25, 0.3) is 0 Å². The van der Waals surface area contributed by atoms with Gasteiger partial charge in [0, 0.05) is 23.1 Å². The number of hydrogen-bond donors (Lipinski definition) is 0. The van der Waals surface area contributed by atoms with Gasteiger partial charge in [-0.15, -0.1) is 0 Å². The molecule has 2 heterocycles. The number of fused-ring (bicyclic) bond motifs is 2. The minimum atomic E-state index is -1.70. The van der Waals surface area contributed by atoms with Gasteiger partial charge >= 0.3 is 0 Å². The molecule has 0 bridgehead atoms. The molecule has 0 amide bonds. The van der Waals surface area contributed by atoms with Gasteiger partial charge in [0.05, 0.1) is 0 Å². The van der Waals surface area contributed by atoms with Gasteiger partial charge in [-0.2, -0.15) is 0 Å². The summed E-state index contributed by atoms with van der Waals surface area (Å²) in [7, 11) is 0.436. The molecular weight excluding hydrogens is 330 g/mol. The fraction of sp³-hybridized carbons (Fsp3) is 0.292. The van der Waals surface area contributed by atoms with Crippen molar-refractivity contribution in [2.75, 3.05) is 0 Å². The summed E-state index contributed by atoms with van der Waals surface area (Å²) in [6, 6.07) is 20.5. The summed E-state index contributed by atoms with van der Waals surface area (Å²) in [4.78, 5) is 0. The van der Waals surface area contributed by atoms with Crippen LogP contribution >= 0.6 is 0 Å². The Morgan fingerprint density at radius 3 is 2.27 bits per heavy atom. The SMILES string of the molecule is Cc1cc2c(cc1-c1cccc[n+]1C)C(C)(C)c1ccccc1[Si]2(C)C. The molecule has 4 rings (SSSR count). The van der Waals surface area contributed by atoms with Gasteiger partial charge in [0.1, 0.15) is 15.1 Å². The van der Waals surface area contributed by atoms with E-state index >= 15 is 0 Å². The van der Waals surface area contributed by atoms with E-state index in [1.54, 1.807) is 10.4 Å². The standard InChI is InChI=1S/C24H28NSi/c1-17-15-23-20(16-18(17)21-12-9-10-14-25(21)4)24(2,3)19-11-7-8-13-22(19)26(23,5)6/h7-16H,1-6H3/q+1. The molecule has 0 N–H and O–H groups in total. The number of pyridine rings is 1. The van der Waals surface area contributed by atoms with Gasteiger partial charge in [-0.05, 0) is 35.7 Å². The Morgan fingerprint density at radius 2 is 1.54 bits per heavy atom. The third-order valence-electron chi connectivity index (χ3n) is 6.32. The first-order valence-corrected chi connectivity index (χ1v) is 12.4. The van der Waals surface area contributed by atoms with Crippen LogP contribution in [0.25, 0.3) is 11.3 Å². The number of benzene rings is 2. The van der Waals surface area contributed by atoms with Crippen molar-refractivity contribution in [1.82, 2.24) is 0 Å². The largest absolute Gasteiger partial charge is 0.212 e. The number of aryl methyl sites for hydroxylation is 2. The van der Waals surface area contributed by atoms with Crippen LogP contribution in [0.15, 0.2) is 60.8 Å². The van der Waals surface area contributed by atoms with E-state index in [9.17, 15) is 0 Å². The lowest BCUT2D eigenvalue weighted by atomic mass is 9.76. The monoisotopic (exact) mass is 358 g/mol. The molecule has 0 spiro atoms. The highest BCUT2D eigenvalue weighted by Crippen LogP contribution is 2.37. The smallest absolute Gasteiger partial charge is 0.201 e. The lowest BCUT2D eigenvalue weighted by Gasteiger charge is -2.43. The van der Waals surface area contributed by atoms with Crippen LogP contribution in [0.3, 0.4) is 0 Å². The fourth-order valence-electron chi connectivity index (χ4n) is 4.68. The lowest BCUT2D eigenvalue weighted by molar-refractivity contribution is -0.660. The van der Waals surface area contributed by atoms with Crippen LogP contribution in [0.5, 0.6) is 0 Å². The molecule has 0 unspecified atom stereocenters. The molecule has 3 aromatic rings. The number of nitrogens with zero attached hydrogens (tertiary/aromatic N) is 1. The Balaban J connectivity index is 2.04. The average Bonchev–Trinajstić information content (AvgIpc) is 2.61. The van der Waals surface area contributed by atoms with E-state index in [0.717, 1.165) is 0 Å². The van der Waals surface area contributed by atoms with Crippen molar-refractivity contribution in [3.8, 4) is 11.3 Å². The quantitative estimate of drug-likeness (QED) is 0.458. The Hall–Kier alpha value is -2.19. The summed E-state index contributed by atoms with van der Waals surface area (Å²) in [6.07, 6.45) is 2.13. The maximum atomic E-state index is 2.50. The Kier molecular flexibility index (Phi) is 3.75. The molecule has 1 nitrogen and oxygen atoms in total. The zero-order chi connectivity index (χ0) is 18.7. The molecule has 0 aliphatic carbocycles. The van der Waals surface area contributed by atoms with Gasteiger partial charge in [-0.3, -0.25) is 0 Å². The van der Waals surface area contributed by atoms with E-state index in [1.165, 1.54) is 27.9 Å². The van der Waals surface area contributed by atoms with Crippen molar-refractivity contribution in [1.29, 1.82) is 0 Å². The van der Waals surface area contributed by atoms with E-state index in [0.29, 0.717) is 0 Å². The zero-order valence-corrected chi connectivity index (χ0v) is 17.7. The van der Waals surface area contributed by atoms with Gasteiger partial charge in [0.2, 0.25) is 5.69 Å². The second kappa shape index (κ2) is 5.65. The summed E-state index contributed by atoms with van der Waals surface area (Å²) >= 11 is 0. The van der Waals surface area contributed by atoms with Crippen LogP contribution in [-0.2, 0) is 12.5 Å². The van der Waals surface area contributed by atoms with E-state index in [4.69, 9.17) is 0 Å². The van der Waals surface area contributed by atoms with Crippen LogP contribution < -0.4 is 14.9 Å². The van der Waals surface area contributed by atoms with Gasteiger partial charge in [0.15, 0.2) is 6.20 Å². The first-order chi connectivity index (χ1) is 12.2. The third kappa shape index (κ3) is 2.32. The van der Waals surface area contributed by atoms with Crippen LogP contribution in [0.1, 0.15) is 30.5 Å². The maximum Gasteiger partial charge on any atom is 0.212 e. The summed E-state index contributed by atoms with van der Waals surface area (Å²) in [5.41, 5.74) is 7.06. The predicted molar refractivity (Wildman–Crippen MR) is 113 cm³/mol. The predicted octanol–water partition coefficient (Wildman–Crippen LogP) is 3.95. The van der Waals surface area contributed by atoms with Gasteiger partial charge < -0.3 is 0 Å². The molecule has 1 aliphatic heterocycles. The molecule has 26 heavy (non-hydrogen) atoms. The highest BCUT2D eigenvalue weighted by molar-refractivity contribution is 7.01. The van der Waals surface area contributed by atoms with E-state index in [2.05, 4.69) is 106 Å². The normalized spacial score (nSPS) is 16.7. The molecule has 0 fully saturated rings. The second-order valence-electron chi connectivity index (χ2n) is 8.71. The van der Waals surface area contributed by atoms with E-state index in [1.807, 2.05) is 0 Å². The lowest BCUT2D eigenvalue weighted by Crippen LogP contribution is -2.62. The Morgan fingerprint density at radius 1 is 0.846 bits per heavy atom. The highest BCUT2D eigenvalue weighted by atomic mass is 28.3. The molecule has 0 saturated carbocycles. The molecule has 0 radical (unpaired) electrons. The molecule has 2 heteroatoms. The number of hydrogen-bond acceptors (Lipinski definition) is 0. The Labute approximate surface area is 158 Å². The van der Waals surface area contributed by atoms with Crippen LogP contribution in [0.2, 0.25) is 13.1 Å². The van der Waals surface area contributed by atoms with Crippen molar-refractivity contribution in [3.63, 3.8) is 0 Å². The molecular formula is C24H28NSi+.